The van der Waals surface area contributed by atoms with Gasteiger partial charge in [-0.25, -0.2) is 9.78 Å². The lowest BCUT2D eigenvalue weighted by molar-refractivity contribution is -0.121. The van der Waals surface area contributed by atoms with Gasteiger partial charge in [-0.15, -0.1) is 0 Å². The number of imidazole rings is 1. The number of urea groups is 1. The van der Waals surface area contributed by atoms with Crippen LogP contribution < -0.4 is 10.6 Å². The molecule has 1 heterocycles. The number of carbonyl (C=O) groups is 2. The van der Waals surface area contributed by atoms with Crippen molar-refractivity contribution in [3.63, 3.8) is 0 Å². The van der Waals surface area contributed by atoms with E-state index in [1.54, 1.807) is 18.1 Å². The highest BCUT2D eigenvalue weighted by Crippen LogP contribution is 2.20. The second-order valence-electron chi connectivity index (χ2n) is 7.13. The number of rotatable bonds is 8. The summed E-state index contributed by atoms with van der Waals surface area (Å²) in [5.41, 5.74) is 2.00. The molecular formula is C23H27N5O2. The predicted octanol–water partition coefficient (Wildman–Crippen LogP) is 2.86. The minimum Gasteiger partial charge on any atom is -0.342 e. The molecule has 0 fully saturated rings. The number of benzene rings is 2. The van der Waals surface area contributed by atoms with Crippen molar-refractivity contribution in [2.24, 2.45) is 7.05 Å². The summed E-state index contributed by atoms with van der Waals surface area (Å²) in [6.07, 6.45) is 3.74. The predicted molar refractivity (Wildman–Crippen MR) is 116 cm³/mol. The lowest BCUT2D eigenvalue weighted by atomic mass is 10.1. The average Bonchev–Trinajstić information content (AvgIpc) is 3.18. The minimum absolute atomic E-state index is 0.155. The SMILES string of the molecule is CN(Cc1ccccc1)C(=O)NCCC(=O)NC(c1ccccc1)c1nccn1C. The Labute approximate surface area is 176 Å². The molecule has 0 spiro atoms. The molecule has 0 aliphatic carbocycles. The monoisotopic (exact) mass is 405 g/mol. The first kappa shape index (κ1) is 21.1. The number of nitrogens with zero attached hydrogens (tertiary/aromatic N) is 3. The van der Waals surface area contributed by atoms with Gasteiger partial charge < -0.3 is 20.1 Å². The number of nitrogens with one attached hydrogen (secondary N) is 2. The number of aromatic nitrogens is 2. The molecule has 0 radical (unpaired) electrons. The molecule has 0 aliphatic heterocycles. The second kappa shape index (κ2) is 10.2. The molecule has 0 saturated heterocycles. The van der Waals surface area contributed by atoms with Gasteiger partial charge in [0, 0.05) is 46.0 Å². The molecule has 0 bridgehead atoms. The third-order valence-electron chi connectivity index (χ3n) is 4.79. The fraction of sp³-hybridized carbons (Fsp3) is 0.261. The molecule has 1 aromatic heterocycles. The fourth-order valence-electron chi connectivity index (χ4n) is 3.18. The van der Waals surface area contributed by atoms with Gasteiger partial charge in [0.15, 0.2) is 0 Å². The summed E-state index contributed by atoms with van der Waals surface area (Å²) in [4.78, 5) is 30.8. The zero-order valence-corrected chi connectivity index (χ0v) is 17.3. The van der Waals surface area contributed by atoms with Crippen molar-refractivity contribution in [3.8, 4) is 0 Å². The Kier molecular flexibility index (Phi) is 7.21. The second-order valence-corrected chi connectivity index (χ2v) is 7.13. The van der Waals surface area contributed by atoms with Gasteiger partial charge in [-0.3, -0.25) is 4.79 Å². The van der Waals surface area contributed by atoms with E-state index in [-0.39, 0.29) is 30.9 Å². The lowest BCUT2D eigenvalue weighted by Gasteiger charge is -2.20. The molecule has 2 N–H and O–H groups in total. The van der Waals surface area contributed by atoms with Gasteiger partial charge in [0.2, 0.25) is 5.91 Å². The first-order chi connectivity index (χ1) is 14.5. The van der Waals surface area contributed by atoms with Crippen molar-refractivity contribution in [1.82, 2.24) is 25.1 Å². The molecule has 1 atom stereocenters. The van der Waals surface area contributed by atoms with Gasteiger partial charge in [0.05, 0.1) is 0 Å². The van der Waals surface area contributed by atoms with E-state index in [4.69, 9.17) is 0 Å². The summed E-state index contributed by atoms with van der Waals surface area (Å²) in [6.45, 7) is 0.764. The van der Waals surface area contributed by atoms with Crippen LogP contribution in [0.4, 0.5) is 4.79 Å². The number of hydrogen-bond donors (Lipinski definition) is 2. The van der Waals surface area contributed by atoms with Crippen molar-refractivity contribution < 1.29 is 9.59 Å². The number of aryl methyl sites for hydroxylation is 1. The molecule has 7 heteroatoms. The first-order valence-electron chi connectivity index (χ1n) is 9.89. The van der Waals surface area contributed by atoms with Crippen LogP contribution in [-0.4, -0.2) is 40.0 Å². The normalized spacial score (nSPS) is 11.5. The van der Waals surface area contributed by atoms with Crippen LogP contribution in [0.15, 0.2) is 73.1 Å². The fourth-order valence-corrected chi connectivity index (χ4v) is 3.18. The Balaban J connectivity index is 1.52. The highest BCUT2D eigenvalue weighted by atomic mass is 16.2. The number of carbonyl (C=O) groups excluding carboxylic acids is 2. The Bertz CT molecular complexity index is 956. The largest absolute Gasteiger partial charge is 0.342 e. The van der Waals surface area contributed by atoms with Gasteiger partial charge in [-0.1, -0.05) is 60.7 Å². The highest BCUT2D eigenvalue weighted by molar-refractivity contribution is 5.78. The van der Waals surface area contributed by atoms with E-state index < -0.39 is 0 Å². The molecule has 0 saturated carbocycles. The summed E-state index contributed by atoms with van der Waals surface area (Å²) in [5.74, 6) is 0.596. The van der Waals surface area contributed by atoms with Crippen LogP contribution in [0, 0.1) is 0 Å². The van der Waals surface area contributed by atoms with Gasteiger partial charge in [-0.05, 0) is 11.1 Å². The van der Waals surface area contributed by atoms with Crippen LogP contribution >= 0.6 is 0 Å². The van der Waals surface area contributed by atoms with Gasteiger partial charge in [-0.2, -0.15) is 0 Å². The van der Waals surface area contributed by atoms with Crippen LogP contribution in [0.3, 0.4) is 0 Å². The van der Waals surface area contributed by atoms with E-state index in [9.17, 15) is 9.59 Å². The molecule has 3 rings (SSSR count). The maximum Gasteiger partial charge on any atom is 0.317 e. The summed E-state index contributed by atoms with van der Waals surface area (Å²) in [7, 11) is 3.63. The topological polar surface area (TPSA) is 79.3 Å². The first-order valence-corrected chi connectivity index (χ1v) is 9.89. The molecular weight excluding hydrogens is 378 g/mol. The van der Waals surface area contributed by atoms with E-state index in [1.807, 2.05) is 78.5 Å². The zero-order chi connectivity index (χ0) is 21.3. The Morgan fingerprint density at radius 3 is 2.37 bits per heavy atom. The van der Waals surface area contributed by atoms with Crippen LogP contribution in [-0.2, 0) is 18.4 Å². The van der Waals surface area contributed by atoms with Gasteiger partial charge >= 0.3 is 6.03 Å². The smallest absolute Gasteiger partial charge is 0.317 e. The van der Waals surface area contributed by atoms with Crippen molar-refractivity contribution in [2.75, 3.05) is 13.6 Å². The maximum atomic E-state index is 12.6. The standard InChI is InChI=1S/C23H27N5O2/c1-27-16-15-24-22(27)21(19-11-7-4-8-12-19)26-20(29)13-14-25-23(30)28(2)17-18-9-5-3-6-10-18/h3-12,15-16,21H,13-14,17H2,1-2H3,(H,25,30)(H,26,29). The Hall–Kier alpha value is -3.61. The molecule has 3 amide bonds. The van der Waals surface area contributed by atoms with E-state index in [1.165, 1.54) is 0 Å². The maximum absolute atomic E-state index is 12.6. The quantitative estimate of drug-likeness (QED) is 0.605. The van der Waals surface area contributed by atoms with Crippen LogP contribution in [0.1, 0.15) is 29.4 Å². The molecule has 3 aromatic rings. The van der Waals surface area contributed by atoms with Crippen LogP contribution in [0.5, 0.6) is 0 Å². The minimum atomic E-state index is -0.352. The Morgan fingerprint density at radius 1 is 1.07 bits per heavy atom. The van der Waals surface area contributed by atoms with Crippen LogP contribution in [0.25, 0.3) is 0 Å². The number of hydrogen-bond acceptors (Lipinski definition) is 3. The third kappa shape index (κ3) is 5.70. The van der Waals surface area contributed by atoms with Crippen molar-refractivity contribution in [3.05, 3.63) is 90.0 Å². The van der Waals surface area contributed by atoms with Crippen molar-refractivity contribution in [1.29, 1.82) is 0 Å². The molecule has 1 unspecified atom stereocenters. The van der Waals surface area contributed by atoms with Gasteiger partial charge in [0.1, 0.15) is 11.9 Å². The lowest BCUT2D eigenvalue weighted by Crippen LogP contribution is -2.39. The summed E-state index contributed by atoms with van der Waals surface area (Å²) in [6, 6.07) is 18.9. The zero-order valence-electron chi connectivity index (χ0n) is 17.3. The molecule has 2 aromatic carbocycles. The van der Waals surface area contributed by atoms with E-state index >= 15 is 0 Å². The van der Waals surface area contributed by atoms with Crippen molar-refractivity contribution >= 4 is 11.9 Å². The summed E-state index contributed by atoms with van der Waals surface area (Å²) in [5, 5.41) is 5.83. The number of amides is 3. The Morgan fingerprint density at radius 2 is 1.73 bits per heavy atom. The van der Waals surface area contributed by atoms with E-state index in [0.29, 0.717) is 6.54 Å². The van der Waals surface area contributed by atoms with Crippen molar-refractivity contribution in [2.45, 2.75) is 19.0 Å². The van der Waals surface area contributed by atoms with E-state index in [2.05, 4.69) is 15.6 Å². The highest BCUT2D eigenvalue weighted by Gasteiger charge is 2.20. The summed E-state index contributed by atoms with van der Waals surface area (Å²) >= 11 is 0. The third-order valence-corrected chi connectivity index (χ3v) is 4.79. The summed E-state index contributed by atoms with van der Waals surface area (Å²) < 4.78 is 1.89. The van der Waals surface area contributed by atoms with Crippen LogP contribution in [0.2, 0.25) is 0 Å². The molecule has 7 nitrogen and oxygen atoms in total. The molecule has 0 aliphatic rings. The van der Waals surface area contributed by atoms with E-state index in [0.717, 1.165) is 17.0 Å². The molecule has 156 valence electrons. The van der Waals surface area contributed by atoms with Gasteiger partial charge in [0.25, 0.3) is 0 Å². The average molecular weight is 406 g/mol. The molecule has 30 heavy (non-hydrogen) atoms.